The van der Waals surface area contributed by atoms with E-state index in [0.717, 1.165) is 12.0 Å². The van der Waals surface area contributed by atoms with Crippen LogP contribution in [0.2, 0.25) is 10.0 Å². The van der Waals surface area contributed by atoms with Crippen molar-refractivity contribution in [3.8, 4) is 5.75 Å². The van der Waals surface area contributed by atoms with Crippen LogP contribution in [0.25, 0.3) is 0 Å². The summed E-state index contributed by atoms with van der Waals surface area (Å²) in [5, 5.41) is 3.87. The summed E-state index contributed by atoms with van der Waals surface area (Å²) < 4.78 is 5.77. The molecule has 2 rings (SSSR count). The summed E-state index contributed by atoms with van der Waals surface area (Å²) >= 11 is 12.7. The van der Waals surface area contributed by atoms with Gasteiger partial charge in [-0.3, -0.25) is 9.59 Å². The molecule has 0 saturated heterocycles. The molecular weight excluding hydrogens is 435 g/mol. The molecule has 2 amide bonds. The molecule has 1 N–H and O–H groups in total. The zero-order valence-electron chi connectivity index (χ0n) is 18.5. The Labute approximate surface area is 194 Å². The summed E-state index contributed by atoms with van der Waals surface area (Å²) in [5.41, 5.74) is 1.53. The zero-order valence-corrected chi connectivity index (χ0v) is 20.0. The van der Waals surface area contributed by atoms with E-state index in [0.29, 0.717) is 27.8 Å². The third-order valence-electron chi connectivity index (χ3n) is 5.22. The van der Waals surface area contributed by atoms with Gasteiger partial charge in [-0.05, 0) is 50.5 Å². The highest BCUT2D eigenvalue weighted by Crippen LogP contribution is 2.27. The van der Waals surface area contributed by atoms with Crippen LogP contribution >= 0.6 is 23.2 Å². The summed E-state index contributed by atoms with van der Waals surface area (Å²) in [4.78, 5) is 27.7. The molecule has 0 aliphatic heterocycles. The van der Waals surface area contributed by atoms with Crippen molar-refractivity contribution in [2.75, 3.05) is 6.61 Å². The molecule has 0 aliphatic carbocycles. The first-order valence-corrected chi connectivity index (χ1v) is 11.2. The summed E-state index contributed by atoms with van der Waals surface area (Å²) in [6, 6.07) is 12.0. The van der Waals surface area contributed by atoms with Crippen molar-refractivity contribution in [1.29, 1.82) is 0 Å². The van der Waals surface area contributed by atoms with E-state index in [-0.39, 0.29) is 31.0 Å². The van der Waals surface area contributed by atoms with E-state index in [1.807, 2.05) is 52.0 Å². The van der Waals surface area contributed by atoms with Crippen molar-refractivity contribution in [3.05, 3.63) is 63.6 Å². The lowest BCUT2D eigenvalue weighted by Gasteiger charge is -2.32. The smallest absolute Gasteiger partial charge is 0.261 e. The number of benzene rings is 2. The fraction of sp³-hybridized carbons (Fsp3) is 0.417. The van der Waals surface area contributed by atoms with Crippen LogP contribution in [0.3, 0.4) is 0 Å². The average Bonchev–Trinajstić information content (AvgIpc) is 2.74. The highest BCUT2D eigenvalue weighted by molar-refractivity contribution is 6.36. The Balaban J connectivity index is 2.30. The Kier molecular flexibility index (Phi) is 9.66. The van der Waals surface area contributed by atoms with Gasteiger partial charge in [0.2, 0.25) is 5.91 Å². The Morgan fingerprint density at radius 2 is 1.68 bits per heavy atom. The van der Waals surface area contributed by atoms with Crippen LogP contribution in [0.1, 0.15) is 44.7 Å². The first kappa shape index (κ1) is 25.0. The second-order valence-corrected chi connectivity index (χ2v) is 8.33. The second-order valence-electron chi connectivity index (χ2n) is 7.52. The number of para-hydroxylation sites is 1. The molecule has 2 aromatic carbocycles. The number of rotatable bonds is 10. The third-order valence-corrected chi connectivity index (χ3v) is 5.93. The zero-order chi connectivity index (χ0) is 23.0. The molecule has 0 radical (unpaired) electrons. The molecular formula is C24H30Cl2N2O3. The van der Waals surface area contributed by atoms with Gasteiger partial charge < -0.3 is 15.0 Å². The largest absolute Gasteiger partial charge is 0.484 e. The van der Waals surface area contributed by atoms with Crippen molar-refractivity contribution in [3.63, 3.8) is 0 Å². The molecule has 168 valence electrons. The molecule has 31 heavy (non-hydrogen) atoms. The predicted octanol–water partition coefficient (Wildman–Crippen LogP) is 5.40. The van der Waals surface area contributed by atoms with Crippen molar-refractivity contribution in [1.82, 2.24) is 10.2 Å². The number of nitrogens with one attached hydrogen (secondary N) is 1. The van der Waals surface area contributed by atoms with Crippen LogP contribution < -0.4 is 10.1 Å². The van der Waals surface area contributed by atoms with Gasteiger partial charge in [-0.1, -0.05) is 61.3 Å². The fourth-order valence-corrected chi connectivity index (χ4v) is 3.67. The minimum Gasteiger partial charge on any atom is -0.484 e. The molecule has 0 aliphatic rings. The van der Waals surface area contributed by atoms with Crippen LogP contribution in [0.4, 0.5) is 0 Å². The van der Waals surface area contributed by atoms with E-state index in [1.54, 1.807) is 18.2 Å². The van der Waals surface area contributed by atoms with E-state index < -0.39 is 6.04 Å². The third kappa shape index (κ3) is 6.88. The van der Waals surface area contributed by atoms with Crippen LogP contribution in [0.15, 0.2) is 42.5 Å². The van der Waals surface area contributed by atoms with Crippen LogP contribution in [0.5, 0.6) is 5.75 Å². The van der Waals surface area contributed by atoms with Gasteiger partial charge in [0.05, 0.1) is 0 Å². The molecule has 0 unspecified atom stereocenters. The maximum Gasteiger partial charge on any atom is 0.261 e. The number of nitrogens with zero attached hydrogens (tertiary/aromatic N) is 1. The van der Waals surface area contributed by atoms with Gasteiger partial charge >= 0.3 is 0 Å². The standard InChI is InChI=1S/C24H30Cl2N2O3/c1-5-17(4)27-24(30)21(6-2)28(14-18-19(25)11-9-12-20(18)26)23(29)15-31-22-13-8-7-10-16(22)3/h7-13,17,21H,5-6,14-15H2,1-4H3,(H,27,30)/t17-,21-/m1/s1. The van der Waals surface area contributed by atoms with E-state index >= 15 is 0 Å². The SMILES string of the molecule is CC[C@@H](C)NC(=O)[C@@H](CC)N(Cc1c(Cl)cccc1Cl)C(=O)COc1ccccc1C. The van der Waals surface area contributed by atoms with Crippen molar-refractivity contribution in [2.45, 2.75) is 59.2 Å². The molecule has 7 heteroatoms. The summed E-state index contributed by atoms with van der Waals surface area (Å²) in [5.74, 6) is 0.110. The van der Waals surface area contributed by atoms with Crippen molar-refractivity contribution < 1.29 is 14.3 Å². The monoisotopic (exact) mass is 464 g/mol. The van der Waals surface area contributed by atoms with Gasteiger partial charge in [0.1, 0.15) is 11.8 Å². The Bertz CT molecular complexity index is 884. The highest BCUT2D eigenvalue weighted by atomic mass is 35.5. The fourth-order valence-electron chi connectivity index (χ4n) is 3.16. The number of hydrogen-bond donors (Lipinski definition) is 1. The molecule has 0 bridgehead atoms. The number of halogens is 2. The number of hydrogen-bond acceptors (Lipinski definition) is 3. The maximum atomic E-state index is 13.2. The number of ether oxygens (including phenoxy) is 1. The lowest BCUT2D eigenvalue weighted by atomic mass is 10.1. The summed E-state index contributed by atoms with van der Waals surface area (Å²) in [6.45, 7) is 7.63. The first-order valence-electron chi connectivity index (χ1n) is 10.5. The molecule has 0 fully saturated rings. The van der Waals surface area contributed by atoms with Crippen LogP contribution in [0, 0.1) is 6.92 Å². The van der Waals surface area contributed by atoms with E-state index in [9.17, 15) is 9.59 Å². The molecule has 2 aromatic rings. The van der Waals surface area contributed by atoms with Gasteiger partial charge in [-0.15, -0.1) is 0 Å². The molecule has 2 atom stereocenters. The van der Waals surface area contributed by atoms with Crippen LogP contribution in [-0.2, 0) is 16.1 Å². The lowest BCUT2D eigenvalue weighted by Crippen LogP contribution is -2.51. The van der Waals surface area contributed by atoms with Gasteiger partial charge in [0.15, 0.2) is 6.61 Å². The quantitative estimate of drug-likeness (QED) is 0.511. The van der Waals surface area contributed by atoms with E-state index in [2.05, 4.69) is 5.32 Å². The summed E-state index contributed by atoms with van der Waals surface area (Å²) in [7, 11) is 0. The topological polar surface area (TPSA) is 58.6 Å². The Hall–Kier alpha value is -2.24. The van der Waals surface area contributed by atoms with Gasteiger partial charge in [-0.2, -0.15) is 0 Å². The normalized spacial score (nSPS) is 12.7. The van der Waals surface area contributed by atoms with E-state index in [4.69, 9.17) is 27.9 Å². The lowest BCUT2D eigenvalue weighted by molar-refractivity contribution is -0.143. The molecule has 0 heterocycles. The number of carbonyl (C=O) groups excluding carboxylic acids is 2. The Morgan fingerprint density at radius 3 is 2.26 bits per heavy atom. The summed E-state index contributed by atoms with van der Waals surface area (Å²) in [6.07, 6.45) is 1.24. The molecule has 0 spiro atoms. The maximum absolute atomic E-state index is 13.2. The number of aryl methyl sites for hydroxylation is 1. The van der Waals surface area contributed by atoms with Crippen molar-refractivity contribution >= 4 is 35.0 Å². The Morgan fingerprint density at radius 1 is 1.03 bits per heavy atom. The van der Waals surface area contributed by atoms with Crippen molar-refractivity contribution in [2.24, 2.45) is 0 Å². The predicted molar refractivity (Wildman–Crippen MR) is 126 cm³/mol. The highest BCUT2D eigenvalue weighted by Gasteiger charge is 2.30. The minimum absolute atomic E-state index is 0.00521. The number of carbonyl (C=O) groups is 2. The van der Waals surface area contributed by atoms with Gasteiger partial charge in [-0.25, -0.2) is 0 Å². The molecule has 0 saturated carbocycles. The second kappa shape index (κ2) is 12.0. The number of amides is 2. The minimum atomic E-state index is -0.672. The van der Waals surface area contributed by atoms with Gasteiger partial charge in [0.25, 0.3) is 5.91 Å². The molecule has 5 nitrogen and oxygen atoms in total. The molecule has 0 aromatic heterocycles. The first-order chi connectivity index (χ1) is 14.8. The van der Waals surface area contributed by atoms with Crippen LogP contribution in [-0.4, -0.2) is 35.4 Å². The van der Waals surface area contributed by atoms with Gasteiger partial charge in [0, 0.05) is 28.2 Å². The van der Waals surface area contributed by atoms with E-state index in [1.165, 1.54) is 4.90 Å². The average molecular weight is 465 g/mol.